The topological polar surface area (TPSA) is 17.1 Å². The van der Waals surface area contributed by atoms with Crippen LogP contribution in [0.15, 0.2) is 23.8 Å². The Morgan fingerprint density at radius 1 is 1.36 bits per heavy atom. The zero-order valence-corrected chi connectivity index (χ0v) is 9.42. The monoisotopic (exact) mass is 190 g/mol. The SMILES string of the molecule is C[C@@H]1C(=O)C=C2C(C)(C)CC=C[C@]21C. The van der Waals surface area contributed by atoms with Crippen molar-refractivity contribution in [3.63, 3.8) is 0 Å². The van der Waals surface area contributed by atoms with Crippen molar-refractivity contribution in [1.29, 1.82) is 0 Å². The third kappa shape index (κ3) is 1.05. The first-order chi connectivity index (χ1) is 6.38. The molecule has 0 aromatic heterocycles. The number of hydrogen-bond acceptors (Lipinski definition) is 1. The summed E-state index contributed by atoms with van der Waals surface area (Å²) in [5, 5.41) is 0. The molecule has 0 N–H and O–H groups in total. The van der Waals surface area contributed by atoms with Gasteiger partial charge in [-0.25, -0.2) is 0 Å². The Labute approximate surface area is 85.9 Å². The summed E-state index contributed by atoms with van der Waals surface area (Å²) in [5.41, 5.74) is 1.47. The van der Waals surface area contributed by atoms with Crippen LogP contribution in [0.25, 0.3) is 0 Å². The molecule has 14 heavy (non-hydrogen) atoms. The summed E-state index contributed by atoms with van der Waals surface area (Å²) in [6.45, 7) is 8.68. The summed E-state index contributed by atoms with van der Waals surface area (Å²) < 4.78 is 0. The minimum Gasteiger partial charge on any atom is -0.295 e. The Hall–Kier alpha value is -0.850. The van der Waals surface area contributed by atoms with E-state index in [1.807, 2.05) is 13.0 Å². The molecule has 0 bridgehead atoms. The van der Waals surface area contributed by atoms with Crippen molar-refractivity contribution in [2.45, 2.75) is 34.1 Å². The fourth-order valence-electron chi connectivity index (χ4n) is 2.82. The minimum absolute atomic E-state index is 0.0150. The number of hydrogen-bond donors (Lipinski definition) is 0. The van der Waals surface area contributed by atoms with Gasteiger partial charge in [0.25, 0.3) is 0 Å². The average molecular weight is 190 g/mol. The highest BCUT2D eigenvalue weighted by Crippen LogP contribution is 2.54. The highest BCUT2D eigenvalue weighted by Gasteiger charge is 2.48. The summed E-state index contributed by atoms with van der Waals surface area (Å²) in [5.74, 6) is 0.412. The van der Waals surface area contributed by atoms with E-state index in [4.69, 9.17) is 0 Å². The van der Waals surface area contributed by atoms with Crippen molar-refractivity contribution in [3.05, 3.63) is 23.8 Å². The molecule has 0 radical (unpaired) electrons. The third-order valence-corrected chi connectivity index (χ3v) is 4.01. The summed E-state index contributed by atoms with van der Waals surface area (Å²) in [6, 6.07) is 0. The zero-order chi connectivity index (χ0) is 10.6. The van der Waals surface area contributed by atoms with Crippen molar-refractivity contribution < 1.29 is 4.79 Å². The molecule has 0 aromatic carbocycles. The second-order valence-electron chi connectivity index (χ2n) is 5.46. The van der Waals surface area contributed by atoms with E-state index in [-0.39, 0.29) is 16.7 Å². The van der Waals surface area contributed by atoms with E-state index in [0.29, 0.717) is 5.78 Å². The molecule has 2 rings (SSSR count). The maximum absolute atomic E-state index is 11.7. The molecule has 0 saturated carbocycles. The highest BCUT2D eigenvalue weighted by atomic mass is 16.1. The van der Waals surface area contributed by atoms with Gasteiger partial charge in [0.05, 0.1) is 0 Å². The molecule has 0 aliphatic heterocycles. The lowest BCUT2D eigenvalue weighted by molar-refractivity contribution is -0.118. The Bertz CT molecular complexity index is 346. The van der Waals surface area contributed by atoms with Gasteiger partial charge in [-0.2, -0.15) is 0 Å². The number of fused-ring (bicyclic) bond motifs is 1. The van der Waals surface area contributed by atoms with E-state index in [9.17, 15) is 4.79 Å². The van der Waals surface area contributed by atoms with Crippen LogP contribution in [0.5, 0.6) is 0 Å². The fourth-order valence-corrected chi connectivity index (χ4v) is 2.82. The van der Waals surface area contributed by atoms with Crippen LogP contribution in [0, 0.1) is 16.7 Å². The molecule has 0 heterocycles. The number of carbonyl (C=O) groups is 1. The smallest absolute Gasteiger partial charge is 0.159 e. The fraction of sp³-hybridized carbons (Fsp3) is 0.615. The van der Waals surface area contributed by atoms with Crippen LogP contribution in [0.2, 0.25) is 0 Å². The van der Waals surface area contributed by atoms with E-state index in [1.165, 1.54) is 5.57 Å². The maximum Gasteiger partial charge on any atom is 0.159 e. The van der Waals surface area contributed by atoms with Gasteiger partial charge >= 0.3 is 0 Å². The molecular weight excluding hydrogens is 172 g/mol. The predicted octanol–water partition coefficient (Wildman–Crippen LogP) is 3.12. The van der Waals surface area contributed by atoms with Crippen LogP contribution in [-0.4, -0.2) is 5.78 Å². The Kier molecular flexibility index (Phi) is 1.79. The second kappa shape index (κ2) is 2.59. The lowest BCUT2D eigenvalue weighted by Gasteiger charge is -2.41. The second-order valence-corrected chi connectivity index (χ2v) is 5.46. The maximum atomic E-state index is 11.7. The zero-order valence-electron chi connectivity index (χ0n) is 9.42. The van der Waals surface area contributed by atoms with Crippen molar-refractivity contribution in [3.8, 4) is 0 Å². The molecule has 0 aromatic rings. The van der Waals surface area contributed by atoms with E-state index in [1.54, 1.807) is 0 Å². The third-order valence-electron chi connectivity index (χ3n) is 4.01. The van der Waals surface area contributed by atoms with Crippen LogP contribution < -0.4 is 0 Å². The first kappa shape index (κ1) is 9.70. The molecule has 2 aliphatic rings. The van der Waals surface area contributed by atoms with Gasteiger partial charge < -0.3 is 0 Å². The number of ketones is 1. The highest BCUT2D eigenvalue weighted by molar-refractivity contribution is 5.97. The van der Waals surface area contributed by atoms with Crippen LogP contribution in [0.4, 0.5) is 0 Å². The molecule has 0 spiro atoms. The van der Waals surface area contributed by atoms with Crippen LogP contribution >= 0.6 is 0 Å². The van der Waals surface area contributed by atoms with Crippen LogP contribution in [0.3, 0.4) is 0 Å². The van der Waals surface area contributed by atoms with Crippen molar-refractivity contribution in [2.75, 3.05) is 0 Å². The molecule has 0 saturated heterocycles. The Morgan fingerprint density at radius 2 is 2.00 bits per heavy atom. The van der Waals surface area contributed by atoms with Gasteiger partial charge in [-0.15, -0.1) is 0 Å². The van der Waals surface area contributed by atoms with Crippen LogP contribution in [-0.2, 0) is 4.79 Å². The Morgan fingerprint density at radius 3 is 2.57 bits per heavy atom. The number of allylic oxidation sites excluding steroid dienone is 4. The van der Waals surface area contributed by atoms with Gasteiger partial charge in [0.1, 0.15) is 0 Å². The summed E-state index contributed by atoms with van der Waals surface area (Å²) >= 11 is 0. The lowest BCUT2D eigenvalue weighted by atomic mass is 9.62. The average Bonchev–Trinajstić information content (AvgIpc) is 2.30. The first-order valence-corrected chi connectivity index (χ1v) is 5.32. The summed E-state index contributed by atoms with van der Waals surface area (Å²) in [4.78, 5) is 11.7. The van der Waals surface area contributed by atoms with Crippen LogP contribution in [0.1, 0.15) is 34.1 Å². The predicted molar refractivity (Wildman–Crippen MR) is 57.9 cm³/mol. The molecule has 0 unspecified atom stereocenters. The first-order valence-electron chi connectivity index (χ1n) is 5.32. The van der Waals surface area contributed by atoms with E-state index >= 15 is 0 Å². The van der Waals surface area contributed by atoms with Crippen molar-refractivity contribution in [1.82, 2.24) is 0 Å². The molecule has 76 valence electrons. The minimum atomic E-state index is -0.0150. The summed E-state index contributed by atoms with van der Waals surface area (Å²) in [6.07, 6.45) is 7.38. The van der Waals surface area contributed by atoms with Gasteiger partial charge in [0.2, 0.25) is 0 Å². The number of carbonyl (C=O) groups excluding carboxylic acids is 1. The molecule has 0 fully saturated rings. The van der Waals surface area contributed by atoms with Crippen molar-refractivity contribution in [2.24, 2.45) is 16.7 Å². The number of rotatable bonds is 0. The van der Waals surface area contributed by atoms with E-state index in [0.717, 1.165) is 6.42 Å². The largest absolute Gasteiger partial charge is 0.295 e. The molecule has 2 aliphatic carbocycles. The van der Waals surface area contributed by atoms with Gasteiger partial charge in [0, 0.05) is 11.3 Å². The van der Waals surface area contributed by atoms with Gasteiger partial charge in [0.15, 0.2) is 5.78 Å². The van der Waals surface area contributed by atoms with Gasteiger partial charge in [-0.1, -0.05) is 45.4 Å². The molecular formula is C13H18O. The van der Waals surface area contributed by atoms with E-state index < -0.39 is 0 Å². The molecule has 2 atom stereocenters. The Balaban J connectivity index is 2.56. The summed E-state index contributed by atoms with van der Waals surface area (Å²) in [7, 11) is 0. The molecule has 0 amide bonds. The van der Waals surface area contributed by atoms with Gasteiger partial charge in [-0.05, 0) is 17.9 Å². The lowest BCUT2D eigenvalue weighted by Crippen LogP contribution is -2.33. The molecule has 1 nitrogen and oxygen atoms in total. The molecule has 1 heteroatoms. The quantitative estimate of drug-likeness (QED) is 0.536. The standard InChI is InChI=1S/C13H18O/c1-9-10(14)8-11-12(2,3)6-5-7-13(9,11)4/h5,7-9H,6H2,1-4H3/t9-,13+/m1/s1. The van der Waals surface area contributed by atoms with E-state index in [2.05, 4.69) is 32.9 Å². The normalized spacial score (nSPS) is 39.6. The van der Waals surface area contributed by atoms with Gasteiger partial charge in [-0.3, -0.25) is 4.79 Å². The van der Waals surface area contributed by atoms with Crippen molar-refractivity contribution >= 4 is 5.78 Å².